The molecule has 2 aromatic rings. The number of ether oxygens (including phenoxy) is 1. The Labute approximate surface area is 153 Å². The summed E-state index contributed by atoms with van der Waals surface area (Å²) in [5.41, 5.74) is 7.71. The average molecular weight is 352 g/mol. The van der Waals surface area contributed by atoms with Gasteiger partial charge in [-0.25, -0.2) is 0 Å². The van der Waals surface area contributed by atoms with E-state index in [0.29, 0.717) is 17.0 Å². The molecule has 1 fully saturated rings. The fourth-order valence-corrected chi connectivity index (χ4v) is 3.39. The van der Waals surface area contributed by atoms with Crippen LogP contribution in [0, 0.1) is 5.92 Å². The highest BCUT2D eigenvalue weighted by atomic mass is 16.5. The molecule has 2 N–H and O–H groups in total. The minimum atomic E-state index is -0.401. The Morgan fingerprint density at radius 3 is 2.12 bits per heavy atom. The van der Waals surface area contributed by atoms with Crippen molar-refractivity contribution in [1.82, 2.24) is 4.90 Å². The molecule has 1 aliphatic heterocycles. The largest absolute Gasteiger partial charge is 0.497 e. The van der Waals surface area contributed by atoms with E-state index in [2.05, 4.69) is 0 Å². The molecule has 1 saturated heterocycles. The smallest absolute Gasteiger partial charge is 0.253 e. The summed E-state index contributed by atoms with van der Waals surface area (Å²) in [4.78, 5) is 25.7. The summed E-state index contributed by atoms with van der Waals surface area (Å²) in [5.74, 6) is 0.982. The van der Waals surface area contributed by atoms with Gasteiger partial charge in [-0.3, -0.25) is 9.59 Å². The summed E-state index contributed by atoms with van der Waals surface area (Å²) in [6, 6.07) is 14.7. The molecule has 26 heavy (non-hydrogen) atoms. The van der Waals surface area contributed by atoms with Crippen molar-refractivity contribution in [2.45, 2.75) is 19.3 Å². The van der Waals surface area contributed by atoms with Crippen molar-refractivity contribution in [2.24, 2.45) is 11.7 Å². The zero-order chi connectivity index (χ0) is 18.5. The van der Waals surface area contributed by atoms with Gasteiger partial charge in [-0.1, -0.05) is 12.1 Å². The van der Waals surface area contributed by atoms with Gasteiger partial charge in [0.05, 0.1) is 7.11 Å². The number of carbonyl (C=O) groups is 2. The van der Waals surface area contributed by atoms with Crippen LogP contribution >= 0.6 is 0 Å². The molecule has 0 unspecified atom stereocenters. The predicted molar refractivity (Wildman–Crippen MR) is 100 cm³/mol. The number of benzene rings is 2. The second-order valence-electron chi connectivity index (χ2n) is 6.73. The lowest BCUT2D eigenvalue weighted by molar-refractivity contribution is 0.0690. The molecular formula is C21H24N2O3. The monoisotopic (exact) mass is 352 g/mol. The number of primary amides is 1. The first-order valence-electron chi connectivity index (χ1n) is 8.89. The molecule has 2 aromatic carbocycles. The van der Waals surface area contributed by atoms with Gasteiger partial charge in [0.25, 0.3) is 5.91 Å². The second-order valence-corrected chi connectivity index (χ2v) is 6.73. The van der Waals surface area contributed by atoms with E-state index in [1.165, 1.54) is 5.56 Å². The molecule has 0 spiro atoms. The highest BCUT2D eigenvalue weighted by Crippen LogP contribution is 2.23. The maximum Gasteiger partial charge on any atom is 0.253 e. The lowest BCUT2D eigenvalue weighted by Gasteiger charge is -2.32. The summed E-state index contributed by atoms with van der Waals surface area (Å²) >= 11 is 0. The zero-order valence-corrected chi connectivity index (χ0v) is 15.0. The first kappa shape index (κ1) is 18.0. The molecule has 0 aliphatic carbocycles. The van der Waals surface area contributed by atoms with Crippen LogP contribution in [0.15, 0.2) is 48.5 Å². The third-order valence-corrected chi connectivity index (χ3v) is 5.00. The minimum absolute atomic E-state index is 0.0805. The van der Waals surface area contributed by atoms with Crippen LogP contribution in [0.25, 0.3) is 0 Å². The third-order valence-electron chi connectivity index (χ3n) is 5.00. The van der Waals surface area contributed by atoms with Gasteiger partial charge in [-0.2, -0.15) is 0 Å². The minimum Gasteiger partial charge on any atom is -0.497 e. The fraction of sp³-hybridized carbons (Fsp3) is 0.333. The Kier molecular flexibility index (Phi) is 5.56. The van der Waals surface area contributed by atoms with E-state index in [9.17, 15) is 9.59 Å². The lowest BCUT2D eigenvalue weighted by atomic mass is 9.89. The number of nitrogens with zero attached hydrogens (tertiary/aromatic N) is 1. The Morgan fingerprint density at radius 2 is 1.58 bits per heavy atom. The number of hydrogen-bond acceptors (Lipinski definition) is 3. The molecule has 2 amide bonds. The van der Waals surface area contributed by atoms with Crippen molar-refractivity contribution >= 4 is 11.8 Å². The maximum absolute atomic E-state index is 12.6. The van der Waals surface area contributed by atoms with Crippen LogP contribution in [-0.4, -0.2) is 36.9 Å². The van der Waals surface area contributed by atoms with Gasteiger partial charge in [-0.05, 0) is 67.1 Å². The standard InChI is InChI=1S/C21H24N2O3/c1-26-19-8-6-18(7-9-19)21(25)23-12-10-16(11-13-23)14-15-2-4-17(5-3-15)20(22)24/h2-9,16H,10-14H2,1H3,(H2,22,24). The summed E-state index contributed by atoms with van der Waals surface area (Å²) in [6.45, 7) is 1.55. The van der Waals surface area contributed by atoms with E-state index >= 15 is 0 Å². The normalized spacial score (nSPS) is 14.9. The van der Waals surface area contributed by atoms with Crippen LogP contribution in [-0.2, 0) is 6.42 Å². The SMILES string of the molecule is COc1ccc(C(=O)N2CCC(Cc3ccc(C(N)=O)cc3)CC2)cc1. The number of hydrogen-bond donors (Lipinski definition) is 1. The van der Waals surface area contributed by atoms with Crippen molar-refractivity contribution in [3.63, 3.8) is 0 Å². The van der Waals surface area contributed by atoms with Crippen LogP contribution in [0.5, 0.6) is 5.75 Å². The van der Waals surface area contributed by atoms with Crippen LogP contribution in [0.1, 0.15) is 39.1 Å². The van der Waals surface area contributed by atoms with Crippen LogP contribution in [0.4, 0.5) is 0 Å². The van der Waals surface area contributed by atoms with Crippen molar-refractivity contribution < 1.29 is 14.3 Å². The summed E-state index contributed by atoms with van der Waals surface area (Å²) in [6.07, 6.45) is 2.93. The molecule has 1 aliphatic rings. The number of methoxy groups -OCH3 is 1. The summed E-state index contributed by atoms with van der Waals surface area (Å²) < 4.78 is 5.13. The molecule has 5 nitrogen and oxygen atoms in total. The Balaban J connectivity index is 1.53. The van der Waals surface area contributed by atoms with E-state index in [0.717, 1.165) is 38.1 Å². The van der Waals surface area contributed by atoms with Crippen LogP contribution < -0.4 is 10.5 Å². The van der Waals surface area contributed by atoms with E-state index in [4.69, 9.17) is 10.5 Å². The first-order chi connectivity index (χ1) is 12.6. The Hall–Kier alpha value is -2.82. The molecule has 0 radical (unpaired) electrons. The number of amides is 2. The van der Waals surface area contributed by atoms with Gasteiger partial charge in [0, 0.05) is 24.2 Å². The van der Waals surface area contributed by atoms with Crippen molar-refractivity contribution in [3.05, 3.63) is 65.2 Å². The topological polar surface area (TPSA) is 72.6 Å². The predicted octanol–water partition coefficient (Wildman–Crippen LogP) is 2.89. The number of piperidine rings is 1. The highest BCUT2D eigenvalue weighted by Gasteiger charge is 2.23. The van der Waals surface area contributed by atoms with Gasteiger partial charge >= 0.3 is 0 Å². The zero-order valence-electron chi connectivity index (χ0n) is 15.0. The van der Waals surface area contributed by atoms with E-state index in [1.807, 2.05) is 41.3 Å². The van der Waals surface area contributed by atoms with Crippen molar-refractivity contribution in [2.75, 3.05) is 20.2 Å². The average Bonchev–Trinajstić information content (AvgIpc) is 2.68. The maximum atomic E-state index is 12.6. The van der Waals surface area contributed by atoms with Gasteiger partial charge in [0.2, 0.25) is 5.91 Å². The van der Waals surface area contributed by atoms with Gasteiger partial charge in [0.1, 0.15) is 5.75 Å². The number of carbonyl (C=O) groups excluding carboxylic acids is 2. The number of nitrogens with two attached hydrogens (primary N) is 1. The van der Waals surface area contributed by atoms with E-state index in [-0.39, 0.29) is 5.91 Å². The molecule has 0 atom stereocenters. The quantitative estimate of drug-likeness (QED) is 0.899. The fourth-order valence-electron chi connectivity index (χ4n) is 3.39. The Bertz CT molecular complexity index is 761. The van der Waals surface area contributed by atoms with Gasteiger partial charge < -0.3 is 15.4 Å². The third kappa shape index (κ3) is 4.23. The lowest BCUT2D eigenvalue weighted by Crippen LogP contribution is -2.38. The molecule has 136 valence electrons. The number of rotatable bonds is 5. The first-order valence-corrected chi connectivity index (χ1v) is 8.89. The van der Waals surface area contributed by atoms with Gasteiger partial charge in [0.15, 0.2) is 0 Å². The molecule has 0 saturated carbocycles. The van der Waals surface area contributed by atoms with Crippen molar-refractivity contribution in [1.29, 1.82) is 0 Å². The molecule has 5 heteroatoms. The second kappa shape index (κ2) is 8.04. The molecule has 0 bridgehead atoms. The molecule has 1 heterocycles. The van der Waals surface area contributed by atoms with Crippen molar-refractivity contribution in [3.8, 4) is 5.75 Å². The molecule has 0 aromatic heterocycles. The van der Waals surface area contributed by atoms with E-state index < -0.39 is 5.91 Å². The van der Waals surface area contributed by atoms with Crippen LogP contribution in [0.2, 0.25) is 0 Å². The molecular weight excluding hydrogens is 328 g/mol. The highest BCUT2D eigenvalue weighted by molar-refractivity contribution is 5.94. The summed E-state index contributed by atoms with van der Waals surface area (Å²) in [7, 11) is 1.61. The van der Waals surface area contributed by atoms with Gasteiger partial charge in [-0.15, -0.1) is 0 Å². The Morgan fingerprint density at radius 1 is 1.00 bits per heavy atom. The van der Waals surface area contributed by atoms with Crippen LogP contribution in [0.3, 0.4) is 0 Å². The summed E-state index contributed by atoms with van der Waals surface area (Å²) in [5, 5.41) is 0. The molecule has 3 rings (SSSR count). The number of likely N-dealkylation sites (tertiary alicyclic amines) is 1. The van der Waals surface area contributed by atoms with E-state index in [1.54, 1.807) is 19.2 Å².